The minimum atomic E-state index is 0.436. The highest BCUT2D eigenvalue weighted by molar-refractivity contribution is 5.77. The molecule has 104 valence electrons. The molecule has 2 aromatic heterocycles. The summed E-state index contributed by atoms with van der Waals surface area (Å²) in [4.78, 5) is 12.6. The molecule has 0 aliphatic rings. The third-order valence-corrected chi connectivity index (χ3v) is 3.17. The molecule has 3 rings (SSSR count). The van der Waals surface area contributed by atoms with Gasteiger partial charge >= 0.3 is 0 Å². The summed E-state index contributed by atoms with van der Waals surface area (Å²) in [6, 6.07) is 13.6. The molecule has 5 nitrogen and oxygen atoms in total. The minimum Gasteiger partial charge on any atom is -0.384 e. The number of pyridine rings is 1. The van der Waals surface area contributed by atoms with E-state index in [4.69, 9.17) is 5.73 Å². The van der Waals surface area contributed by atoms with E-state index in [1.54, 1.807) is 12.3 Å². The highest BCUT2D eigenvalue weighted by Crippen LogP contribution is 2.28. The van der Waals surface area contributed by atoms with E-state index in [-0.39, 0.29) is 0 Å². The molecule has 0 radical (unpaired) electrons. The molecule has 3 N–H and O–H groups in total. The van der Waals surface area contributed by atoms with Gasteiger partial charge in [-0.2, -0.15) is 0 Å². The van der Waals surface area contributed by atoms with Crippen molar-refractivity contribution in [3.63, 3.8) is 0 Å². The average molecular weight is 277 g/mol. The Kier molecular flexibility index (Phi) is 3.47. The summed E-state index contributed by atoms with van der Waals surface area (Å²) in [5.74, 6) is 1.18. The van der Waals surface area contributed by atoms with E-state index in [0.29, 0.717) is 5.82 Å². The van der Waals surface area contributed by atoms with E-state index < -0.39 is 0 Å². The van der Waals surface area contributed by atoms with Crippen LogP contribution < -0.4 is 11.1 Å². The van der Waals surface area contributed by atoms with Gasteiger partial charge in [0.1, 0.15) is 18.0 Å². The number of aromatic nitrogens is 3. The van der Waals surface area contributed by atoms with E-state index in [2.05, 4.69) is 20.3 Å². The van der Waals surface area contributed by atoms with Gasteiger partial charge in [-0.3, -0.25) is 0 Å². The highest BCUT2D eigenvalue weighted by Gasteiger charge is 2.09. The molecule has 2 heterocycles. The van der Waals surface area contributed by atoms with Gasteiger partial charge in [0.25, 0.3) is 0 Å². The second kappa shape index (κ2) is 5.58. The maximum atomic E-state index is 5.73. The van der Waals surface area contributed by atoms with Crippen LogP contribution in [0.2, 0.25) is 0 Å². The van der Waals surface area contributed by atoms with E-state index in [0.717, 1.165) is 28.3 Å². The summed E-state index contributed by atoms with van der Waals surface area (Å²) in [7, 11) is 0. The topological polar surface area (TPSA) is 76.7 Å². The van der Waals surface area contributed by atoms with Crippen molar-refractivity contribution >= 4 is 17.3 Å². The number of benzene rings is 1. The molecular weight excluding hydrogens is 262 g/mol. The first kappa shape index (κ1) is 13.1. The van der Waals surface area contributed by atoms with Crippen molar-refractivity contribution in [1.82, 2.24) is 15.0 Å². The van der Waals surface area contributed by atoms with Crippen molar-refractivity contribution < 1.29 is 0 Å². The van der Waals surface area contributed by atoms with Crippen molar-refractivity contribution in [3.05, 3.63) is 60.6 Å². The van der Waals surface area contributed by atoms with E-state index in [1.165, 1.54) is 6.33 Å². The Labute approximate surface area is 122 Å². The monoisotopic (exact) mass is 277 g/mol. The fourth-order valence-electron chi connectivity index (χ4n) is 2.07. The molecule has 0 bridgehead atoms. The molecule has 5 heteroatoms. The van der Waals surface area contributed by atoms with Gasteiger partial charge in [-0.25, -0.2) is 15.0 Å². The number of rotatable bonds is 3. The number of aryl methyl sites for hydroxylation is 1. The Hall–Kier alpha value is -2.95. The van der Waals surface area contributed by atoms with Crippen LogP contribution in [0.25, 0.3) is 11.3 Å². The van der Waals surface area contributed by atoms with Gasteiger partial charge in [0.15, 0.2) is 0 Å². The SMILES string of the molecule is Cc1ccccc1Nc1ncccc1-c1cc(N)ncn1. The van der Waals surface area contributed by atoms with Crippen LogP contribution in [0.1, 0.15) is 5.56 Å². The van der Waals surface area contributed by atoms with Crippen LogP contribution in [0.15, 0.2) is 55.0 Å². The quantitative estimate of drug-likeness (QED) is 0.769. The number of nitrogens with one attached hydrogen (secondary N) is 1. The van der Waals surface area contributed by atoms with E-state index in [1.807, 2.05) is 43.3 Å². The largest absolute Gasteiger partial charge is 0.384 e. The van der Waals surface area contributed by atoms with Gasteiger partial charge in [-0.1, -0.05) is 18.2 Å². The Morgan fingerprint density at radius 3 is 2.67 bits per heavy atom. The smallest absolute Gasteiger partial charge is 0.139 e. The van der Waals surface area contributed by atoms with Crippen molar-refractivity contribution in [2.24, 2.45) is 0 Å². The number of anilines is 3. The van der Waals surface area contributed by atoms with Gasteiger partial charge < -0.3 is 11.1 Å². The number of hydrogen-bond acceptors (Lipinski definition) is 5. The molecule has 1 aromatic carbocycles. The predicted octanol–water partition coefficient (Wildman–Crippen LogP) is 3.17. The molecule has 0 saturated heterocycles. The molecule has 0 saturated carbocycles. The first-order valence-electron chi connectivity index (χ1n) is 6.59. The second-order valence-electron chi connectivity index (χ2n) is 4.67. The number of nitrogen functional groups attached to an aromatic ring is 1. The van der Waals surface area contributed by atoms with Crippen LogP contribution in [0.4, 0.5) is 17.3 Å². The van der Waals surface area contributed by atoms with Crippen LogP contribution in [0.5, 0.6) is 0 Å². The molecule has 0 unspecified atom stereocenters. The summed E-state index contributed by atoms with van der Waals surface area (Å²) >= 11 is 0. The average Bonchev–Trinajstić information content (AvgIpc) is 2.50. The molecule has 0 atom stereocenters. The zero-order valence-electron chi connectivity index (χ0n) is 11.6. The van der Waals surface area contributed by atoms with E-state index in [9.17, 15) is 0 Å². The summed E-state index contributed by atoms with van der Waals surface area (Å²) in [6.07, 6.45) is 3.20. The Morgan fingerprint density at radius 2 is 1.86 bits per heavy atom. The van der Waals surface area contributed by atoms with Crippen LogP contribution >= 0.6 is 0 Å². The zero-order chi connectivity index (χ0) is 14.7. The van der Waals surface area contributed by atoms with Gasteiger partial charge in [0.2, 0.25) is 0 Å². The molecule has 0 spiro atoms. The Morgan fingerprint density at radius 1 is 1.00 bits per heavy atom. The third-order valence-electron chi connectivity index (χ3n) is 3.17. The van der Waals surface area contributed by atoms with Gasteiger partial charge in [-0.05, 0) is 30.7 Å². The molecule has 0 aliphatic heterocycles. The lowest BCUT2D eigenvalue weighted by Gasteiger charge is -2.12. The lowest BCUT2D eigenvalue weighted by atomic mass is 10.1. The standard InChI is InChI=1S/C16H15N5/c1-11-5-2-3-7-13(11)21-16-12(6-4-8-18-16)14-9-15(17)20-10-19-14/h2-10H,1H3,(H,18,21)(H2,17,19,20). The maximum Gasteiger partial charge on any atom is 0.139 e. The number of para-hydroxylation sites is 1. The summed E-state index contributed by atoms with van der Waals surface area (Å²) < 4.78 is 0. The lowest BCUT2D eigenvalue weighted by molar-refractivity contribution is 1.17. The van der Waals surface area contributed by atoms with Crippen molar-refractivity contribution in [3.8, 4) is 11.3 Å². The Bertz CT molecular complexity index is 770. The Balaban J connectivity index is 2.03. The minimum absolute atomic E-state index is 0.436. The zero-order valence-corrected chi connectivity index (χ0v) is 11.6. The molecular formula is C16H15N5. The van der Waals surface area contributed by atoms with Crippen molar-refractivity contribution in [2.75, 3.05) is 11.1 Å². The summed E-state index contributed by atoms with van der Waals surface area (Å²) in [5.41, 5.74) is 9.52. The van der Waals surface area contributed by atoms with Crippen molar-refractivity contribution in [2.45, 2.75) is 6.92 Å². The van der Waals surface area contributed by atoms with Crippen LogP contribution in [0.3, 0.4) is 0 Å². The van der Waals surface area contributed by atoms with Crippen molar-refractivity contribution in [1.29, 1.82) is 0 Å². The maximum absolute atomic E-state index is 5.73. The second-order valence-corrected chi connectivity index (χ2v) is 4.67. The molecule has 0 aliphatic carbocycles. The number of nitrogens with two attached hydrogens (primary N) is 1. The fraction of sp³-hybridized carbons (Fsp3) is 0.0625. The molecule has 0 fully saturated rings. The highest BCUT2D eigenvalue weighted by atomic mass is 15.0. The van der Waals surface area contributed by atoms with Gasteiger partial charge in [0.05, 0.1) is 5.69 Å². The number of nitrogens with zero attached hydrogens (tertiary/aromatic N) is 3. The van der Waals surface area contributed by atoms with E-state index >= 15 is 0 Å². The first-order chi connectivity index (χ1) is 10.2. The number of hydrogen-bond donors (Lipinski definition) is 2. The normalized spacial score (nSPS) is 10.3. The summed E-state index contributed by atoms with van der Waals surface area (Å²) in [6.45, 7) is 2.05. The lowest BCUT2D eigenvalue weighted by Crippen LogP contribution is -1.99. The molecule has 21 heavy (non-hydrogen) atoms. The van der Waals surface area contributed by atoms with Gasteiger partial charge in [0, 0.05) is 23.5 Å². The van der Waals surface area contributed by atoms with Gasteiger partial charge in [-0.15, -0.1) is 0 Å². The first-order valence-corrected chi connectivity index (χ1v) is 6.59. The third kappa shape index (κ3) is 2.81. The summed E-state index contributed by atoms with van der Waals surface area (Å²) in [5, 5.41) is 3.35. The van der Waals surface area contributed by atoms with Crippen LogP contribution in [0, 0.1) is 6.92 Å². The predicted molar refractivity (Wildman–Crippen MR) is 84.1 cm³/mol. The molecule has 3 aromatic rings. The fourth-order valence-corrected chi connectivity index (χ4v) is 2.07. The van der Waals surface area contributed by atoms with Crippen LogP contribution in [-0.4, -0.2) is 15.0 Å². The van der Waals surface area contributed by atoms with Crippen LogP contribution in [-0.2, 0) is 0 Å². The molecule has 0 amide bonds.